The number of carbonyl (C=O) groups excluding carboxylic acids is 1. The van der Waals surface area contributed by atoms with E-state index in [-0.39, 0.29) is 5.91 Å². The van der Waals surface area contributed by atoms with Crippen LogP contribution in [-0.4, -0.2) is 35.2 Å². The first-order chi connectivity index (χ1) is 11.7. The van der Waals surface area contributed by atoms with E-state index in [1.165, 1.54) is 0 Å². The van der Waals surface area contributed by atoms with Crippen molar-refractivity contribution < 1.29 is 14.7 Å². The van der Waals surface area contributed by atoms with E-state index in [2.05, 4.69) is 5.32 Å². The number of hydrogen-bond donors (Lipinski definition) is 2. The van der Waals surface area contributed by atoms with Gasteiger partial charge in [0.1, 0.15) is 6.04 Å². The zero-order valence-electron chi connectivity index (χ0n) is 13.1. The van der Waals surface area contributed by atoms with Gasteiger partial charge in [-0.15, -0.1) is 0 Å². The topological polar surface area (TPSA) is 72.9 Å². The molecule has 6 nitrogen and oxygen atoms in total. The Labute approximate surface area is 140 Å². The third-order valence-corrected chi connectivity index (χ3v) is 3.99. The molecule has 3 rings (SSSR count). The Morgan fingerprint density at radius 3 is 2.21 bits per heavy atom. The quantitative estimate of drug-likeness (QED) is 0.906. The van der Waals surface area contributed by atoms with Crippen molar-refractivity contribution in [3.05, 3.63) is 66.2 Å². The summed E-state index contributed by atoms with van der Waals surface area (Å²) >= 11 is 0. The van der Waals surface area contributed by atoms with Gasteiger partial charge < -0.3 is 10.4 Å². The highest BCUT2D eigenvalue weighted by molar-refractivity contribution is 5.88. The van der Waals surface area contributed by atoms with Crippen LogP contribution in [0.3, 0.4) is 0 Å². The van der Waals surface area contributed by atoms with Crippen molar-refractivity contribution in [1.29, 1.82) is 0 Å². The predicted molar refractivity (Wildman–Crippen MR) is 90.5 cm³/mol. The van der Waals surface area contributed by atoms with E-state index in [1.54, 1.807) is 29.3 Å². The van der Waals surface area contributed by atoms with Crippen molar-refractivity contribution in [2.75, 3.05) is 18.1 Å². The molecule has 1 saturated heterocycles. The first kappa shape index (κ1) is 15.9. The molecule has 2 aromatic carbocycles. The zero-order chi connectivity index (χ0) is 16.9. The summed E-state index contributed by atoms with van der Waals surface area (Å²) in [6.45, 7) is 1.29. The SMILES string of the molecule is O=C(O)NC(C(=O)N1CCCN1c1ccccc1)c1ccccc1. The summed E-state index contributed by atoms with van der Waals surface area (Å²) in [4.78, 5) is 24.2. The Balaban J connectivity index is 1.87. The third kappa shape index (κ3) is 3.32. The van der Waals surface area contributed by atoms with Crippen LogP contribution in [0, 0.1) is 0 Å². The highest BCUT2D eigenvalue weighted by Crippen LogP contribution is 2.25. The molecule has 24 heavy (non-hydrogen) atoms. The maximum atomic E-state index is 13.0. The molecular formula is C18H19N3O3. The van der Waals surface area contributed by atoms with E-state index < -0.39 is 12.1 Å². The maximum absolute atomic E-state index is 13.0. The highest BCUT2D eigenvalue weighted by Gasteiger charge is 2.33. The first-order valence-electron chi connectivity index (χ1n) is 7.85. The summed E-state index contributed by atoms with van der Waals surface area (Å²) in [5.41, 5.74) is 1.55. The lowest BCUT2D eigenvalue weighted by Crippen LogP contribution is -2.48. The molecule has 0 aliphatic carbocycles. The molecule has 1 fully saturated rings. The molecule has 1 atom stereocenters. The minimum Gasteiger partial charge on any atom is -0.465 e. The van der Waals surface area contributed by atoms with Crippen molar-refractivity contribution in [2.24, 2.45) is 0 Å². The summed E-state index contributed by atoms with van der Waals surface area (Å²) in [6, 6.07) is 17.6. The lowest BCUT2D eigenvalue weighted by molar-refractivity contribution is -0.133. The minimum atomic E-state index is -1.22. The summed E-state index contributed by atoms with van der Waals surface area (Å²) < 4.78 is 0. The zero-order valence-corrected chi connectivity index (χ0v) is 13.1. The lowest BCUT2D eigenvalue weighted by atomic mass is 10.1. The fourth-order valence-electron chi connectivity index (χ4n) is 2.92. The van der Waals surface area contributed by atoms with Gasteiger partial charge in [-0.2, -0.15) is 0 Å². The van der Waals surface area contributed by atoms with Gasteiger partial charge in [-0.1, -0.05) is 48.5 Å². The van der Waals surface area contributed by atoms with Crippen LogP contribution >= 0.6 is 0 Å². The van der Waals surface area contributed by atoms with Crippen LogP contribution in [0.5, 0.6) is 0 Å². The Kier molecular flexibility index (Phi) is 4.65. The fourth-order valence-corrected chi connectivity index (χ4v) is 2.92. The largest absolute Gasteiger partial charge is 0.465 e. The summed E-state index contributed by atoms with van der Waals surface area (Å²) in [6.07, 6.45) is -0.377. The van der Waals surface area contributed by atoms with Crippen LogP contribution in [-0.2, 0) is 4.79 Å². The number of carboxylic acid groups (broad SMARTS) is 1. The maximum Gasteiger partial charge on any atom is 0.405 e. The van der Waals surface area contributed by atoms with E-state index in [0.717, 1.165) is 18.7 Å². The lowest BCUT2D eigenvalue weighted by Gasteiger charge is -2.32. The second-order valence-corrected chi connectivity index (χ2v) is 5.57. The van der Waals surface area contributed by atoms with Gasteiger partial charge in [-0.25, -0.2) is 4.79 Å². The molecule has 0 bridgehead atoms. The number of rotatable bonds is 4. The van der Waals surface area contributed by atoms with E-state index >= 15 is 0 Å². The molecule has 0 aromatic heterocycles. The number of para-hydroxylation sites is 1. The molecular weight excluding hydrogens is 306 g/mol. The summed E-state index contributed by atoms with van der Waals surface area (Å²) in [5, 5.41) is 15.0. The predicted octanol–water partition coefficient (Wildman–Crippen LogP) is 2.65. The molecule has 1 aliphatic rings. The van der Waals surface area contributed by atoms with Crippen LogP contribution in [0.15, 0.2) is 60.7 Å². The monoisotopic (exact) mass is 325 g/mol. The Morgan fingerprint density at radius 1 is 0.958 bits per heavy atom. The van der Waals surface area contributed by atoms with E-state index in [1.807, 2.05) is 41.4 Å². The van der Waals surface area contributed by atoms with Gasteiger partial charge in [0.25, 0.3) is 5.91 Å². The van der Waals surface area contributed by atoms with Gasteiger partial charge in [0, 0.05) is 13.1 Å². The van der Waals surface area contributed by atoms with Crippen LogP contribution < -0.4 is 10.3 Å². The van der Waals surface area contributed by atoms with Gasteiger partial charge in [0.2, 0.25) is 0 Å². The van der Waals surface area contributed by atoms with Gasteiger partial charge in [0.15, 0.2) is 0 Å². The molecule has 1 unspecified atom stereocenters. The molecule has 0 saturated carbocycles. The number of hydrazine groups is 1. The number of anilines is 1. The van der Waals surface area contributed by atoms with E-state index in [9.17, 15) is 9.59 Å². The number of benzene rings is 2. The number of hydrogen-bond acceptors (Lipinski definition) is 3. The smallest absolute Gasteiger partial charge is 0.405 e. The molecule has 2 aromatic rings. The number of nitrogens with one attached hydrogen (secondary N) is 1. The minimum absolute atomic E-state index is 0.273. The Hall–Kier alpha value is -3.02. The molecule has 6 heteroatoms. The number of amides is 2. The van der Waals surface area contributed by atoms with Crippen molar-refractivity contribution in [1.82, 2.24) is 10.3 Å². The highest BCUT2D eigenvalue weighted by atomic mass is 16.4. The van der Waals surface area contributed by atoms with E-state index in [4.69, 9.17) is 5.11 Å². The molecule has 2 amide bonds. The van der Waals surface area contributed by atoms with Crippen molar-refractivity contribution in [2.45, 2.75) is 12.5 Å². The second-order valence-electron chi connectivity index (χ2n) is 5.57. The normalized spacial score (nSPS) is 15.2. The van der Waals surface area contributed by atoms with Gasteiger partial charge >= 0.3 is 6.09 Å². The van der Waals surface area contributed by atoms with Crippen LogP contribution in [0.25, 0.3) is 0 Å². The van der Waals surface area contributed by atoms with Crippen LogP contribution in [0.4, 0.5) is 10.5 Å². The number of carbonyl (C=O) groups is 2. The first-order valence-corrected chi connectivity index (χ1v) is 7.85. The van der Waals surface area contributed by atoms with Crippen molar-refractivity contribution >= 4 is 17.7 Å². The molecule has 0 spiro atoms. The average Bonchev–Trinajstić information content (AvgIpc) is 3.10. The van der Waals surface area contributed by atoms with Gasteiger partial charge in [-0.05, 0) is 24.1 Å². The fraction of sp³-hybridized carbons (Fsp3) is 0.222. The Bertz CT molecular complexity index is 706. The average molecular weight is 325 g/mol. The summed E-state index contributed by atoms with van der Waals surface area (Å²) in [5.74, 6) is -0.273. The standard InChI is InChI=1S/C18H19N3O3/c22-17(16(19-18(23)24)14-8-3-1-4-9-14)21-13-7-12-20(21)15-10-5-2-6-11-15/h1-6,8-11,16,19H,7,12-13H2,(H,23,24). The Morgan fingerprint density at radius 2 is 1.58 bits per heavy atom. The van der Waals surface area contributed by atoms with Crippen LogP contribution in [0.2, 0.25) is 0 Å². The third-order valence-electron chi connectivity index (χ3n) is 3.99. The van der Waals surface area contributed by atoms with Gasteiger partial charge in [0.05, 0.1) is 5.69 Å². The van der Waals surface area contributed by atoms with Crippen molar-refractivity contribution in [3.8, 4) is 0 Å². The van der Waals surface area contributed by atoms with Crippen LogP contribution in [0.1, 0.15) is 18.0 Å². The summed E-state index contributed by atoms with van der Waals surface area (Å²) in [7, 11) is 0. The van der Waals surface area contributed by atoms with E-state index in [0.29, 0.717) is 12.1 Å². The number of nitrogens with zero attached hydrogens (tertiary/aromatic N) is 2. The van der Waals surface area contributed by atoms with Crippen molar-refractivity contribution in [3.63, 3.8) is 0 Å². The molecule has 0 radical (unpaired) electrons. The van der Waals surface area contributed by atoms with Gasteiger partial charge in [-0.3, -0.25) is 14.8 Å². The molecule has 1 aliphatic heterocycles. The molecule has 1 heterocycles. The molecule has 124 valence electrons. The molecule has 2 N–H and O–H groups in total. The second kappa shape index (κ2) is 7.04.